The number of carbonyl (C=O) groups is 1. The zero-order chi connectivity index (χ0) is 30.0. The van der Waals surface area contributed by atoms with Crippen molar-refractivity contribution in [3.05, 3.63) is 57.6 Å². The zero-order valence-electron chi connectivity index (χ0n) is 25.9. The number of carbonyl (C=O) groups excluding carboxylic acids is 1. The summed E-state index contributed by atoms with van der Waals surface area (Å²) in [6.45, 7) is 18.9. The lowest BCUT2D eigenvalue weighted by molar-refractivity contribution is -0.117. The molecule has 1 aliphatic rings. The molecule has 2 atom stereocenters. The molecule has 2 aromatic carbocycles. The number of nitrogens with two attached hydrogens (primary N) is 1. The molecule has 0 spiro atoms. The molecule has 6 heteroatoms. The van der Waals surface area contributed by atoms with E-state index in [0.717, 1.165) is 53.5 Å². The van der Waals surface area contributed by atoms with E-state index in [9.17, 15) is 15.0 Å². The number of amides is 1. The van der Waals surface area contributed by atoms with Gasteiger partial charge in [0.15, 0.2) is 0 Å². The molecule has 0 bridgehead atoms. The maximum atomic E-state index is 11.6. The van der Waals surface area contributed by atoms with Crippen molar-refractivity contribution < 1.29 is 15.0 Å². The quantitative estimate of drug-likeness (QED) is 0.343. The van der Waals surface area contributed by atoms with Gasteiger partial charge in [0, 0.05) is 34.7 Å². The Hall–Kier alpha value is -3.15. The molecular weight excluding hydrogens is 498 g/mol. The van der Waals surface area contributed by atoms with Gasteiger partial charge in [-0.2, -0.15) is 0 Å². The van der Waals surface area contributed by atoms with Crippen molar-refractivity contribution >= 4 is 18.3 Å². The zero-order valence-corrected chi connectivity index (χ0v) is 25.9. The molecule has 0 heterocycles. The lowest BCUT2D eigenvalue weighted by Gasteiger charge is -2.28. The van der Waals surface area contributed by atoms with Gasteiger partial charge < -0.3 is 15.9 Å². The van der Waals surface area contributed by atoms with Crippen LogP contribution in [0.5, 0.6) is 11.5 Å². The average Bonchev–Trinajstić information content (AvgIpc) is 2.81. The Morgan fingerprint density at radius 1 is 0.775 bits per heavy atom. The molecule has 0 unspecified atom stereocenters. The molecule has 6 nitrogen and oxygen atoms in total. The standard InChI is InChI=1S/C34H49N3O3/c1-32(2,3)24-17-23(31(40)26(18-24)34(7,8)9)20-37-28-13-11-10-12-27(28)36-19-22-14-21(16-29(35)38)15-25(30(22)39)33(4,5)6/h14-15,17-20,27-28,39-40H,10-13,16H2,1-9H3,(H2,35,38)/t27-,28-/m0/s1. The van der Waals surface area contributed by atoms with Crippen LogP contribution in [0.1, 0.15) is 121 Å². The van der Waals surface area contributed by atoms with Crippen molar-refractivity contribution in [2.24, 2.45) is 15.7 Å². The van der Waals surface area contributed by atoms with Crippen LogP contribution in [0.2, 0.25) is 0 Å². The van der Waals surface area contributed by atoms with Crippen LogP contribution in [0.3, 0.4) is 0 Å². The van der Waals surface area contributed by atoms with Crippen LogP contribution in [0.25, 0.3) is 0 Å². The number of nitrogens with zero attached hydrogens (tertiary/aromatic N) is 2. The van der Waals surface area contributed by atoms with Gasteiger partial charge in [-0.3, -0.25) is 14.8 Å². The average molecular weight is 548 g/mol. The normalized spacial score (nSPS) is 19.0. The Labute approximate surface area is 240 Å². The highest BCUT2D eigenvalue weighted by Crippen LogP contribution is 2.38. The van der Waals surface area contributed by atoms with E-state index >= 15 is 0 Å². The molecule has 4 N–H and O–H groups in total. The van der Waals surface area contributed by atoms with Gasteiger partial charge in [0.25, 0.3) is 0 Å². The molecule has 0 saturated heterocycles. The number of hydrogen-bond acceptors (Lipinski definition) is 5. The van der Waals surface area contributed by atoms with Crippen LogP contribution in [-0.4, -0.2) is 40.6 Å². The molecule has 0 aliphatic heterocycles. The maximum Gasteiger partial charge on any atom is 0.221 e. The van der Waals surface area contributed by atoms with E-state index in [-0.39, 0.29) is 46.2 Å². The van der Waals surface area contributed by atoms with Crippen molar-refractivity contribution in [1.29, 1.82) is 0 Å². The lowest BCUT2D eigenvalue weighted by atomic mass is 9.79. The Kier molecular flexibility index (Phi) is 9.22. The van der Waals surface area contributed by atoms with Gasteiger partial charge in [0.2, 0.25) is 5.91 Å². The van der Waals surface area contributed by atoms with Gasteiger partial charge in [-0.15, -0.1) is 0 Å². The van der Waals surface area contributed by atoms with Crippen LogP contribution in [0.4, 0.5) is 0 Å². The third-order valence-electron chi connectivity index (χ3n) is 7.70. The second-order valence-corrected chi connectivity index (χ2v) is 14.4. The number of rotatable bonds is 6. The van der Waals surface area contributed by atoms with Crippen LogP contribution < -0.4 is 5.73 Å². The molecule has 1 aliphatic carbocycles. The fourth-order valence-corrected chi connectivity index (χ4v) is 5.24. The topological polar surface area (TPSA) is 108 Å². The molecule has 0 aromatic heterocycles. The number of aliphatic imine (C=N–C) groups is 2. The number of benzene rings is 2. The first-order valence-electron chi connectivity index (χ1n) is 14.5. The first-order valence-corrected chi connectivity index (χ1v) is 14.5. The smallest absolute Gasteiger partial charge is 0.221 e. The minimum Gasteiger partial charge on any atom is -0.507 e. The fraction of sp³-hybridized carbons (Fsp3) is 0.559. The van der Waals surface area contributed by atoms with Gasteiger partial charge in [-0.25, -0.2) is 0 Å². The summed E-state index contributed by atoms with van der Waals surface area (Å²) in [6.07, 6.45) is 7.59. The summed E-state index contributed by atoms with van der Waals surface area (Å²) in [5.41, 5.74) is 9.81. The number of aromatic hydroxyl groups is 2. The predicted octanol–water partition coefficient (Wildman–Crippen LogP) is 6.87. The summed E-state index contributed by atoms with van der Waals surface area (Å²) in [6, 6.07) is 7.74. The monoisotopic (exact) mass is 547 g/mol. The lowest BCUT2D eigenvalue weighted by Crippen LogP contribution is -2.27. The van der Waals surface area contributed by atoms with Crippen molar-refractivity contribution in [1.82, 2.24) is 0 Å². The van der Waals surface area contributed by atoms with E-state index < -0.39 is 5.91 Å². The van der Waals surface area contributed by atoms with Gasteiger partial charge in [-0.05, 0) is 52.3 Å². The summed E-state index contributed by atoms with van der Waals surface area (Å²) in [7, 11) is 0. The van der Waals surface area contributed by atoms with Crippen LogP contribution in [0, 0.1) is 0 Å². The van der Waals surface area contributed by atoms with Crippen molar-refractivity contribution in [3.63, 3.8) is 0 Å². The SMILES string of the molecule is CC(C)(C)c1cc(C=N[C@H]2CCCC[C@@H]2N=Cc2cc(CC(N)=O)cc(C(C)(C)C)c2O)c(O)c(C(C)(C)C)c1. The third-order valence-corrected chi connectivity index (χ3v) is 7.70. The third kappa shape index (κ3) is 7.74. The van der Waals surface area contributed by atoms with Crippen molar-refractivity contribution in [3.8, 4) is 11.5 Å². The predicted molar refractivity (Wildman–Crippen MR) is 166 cm³/mol. The Morgan fingerprint density at radius 3 is 1.65 bits per heavy atom. The minimum absolute atomic E-state index is 0.0289. The van der Waals surface area contributed by atoms with E-state index in [1.807, 2.05) is 39.1 Å². The maximum absolute atomic E-state index is 11.6. The summed E-state index contributed by atoms with van der Waals surface area (Å²) < 4.78 is 0. The second-order valence-electron chi connectivity index (χ2n) is 14.4. The largest absolute Gasteiger partial charge is 0.507 e. The van der Waals surface area contributed by atoms with E-state index in [4.69, 9.17) is 15.7 Å². The Balaban J connectivity index is 1.98. The van der Waals surface area contributed by atoms with Gasteiger partial charge in [0.1, 0.15) is 11.5 Å². The Bertz CT molecular complexity index is 1290. The molecule has 0 radical (unpaired) electrons. The number of hydrogen-bond donors (Lipinski definition) is 3. The molecule has 1 saturated carbocycles. The highest BCUT2D eigenvalue weighted by atomic mass is 16.3. The summed E-state index contributed by atoms with van der Waals surface area (Å²) in [5.74, 6) is 0.0495. The first-order chi connectivity index (χ1) is 18.4. The van der Waals surface area contributed by atoms with E-state index in [1.54, 1.807) is 12.3 Å². The Morgan fingerprint density at radius 2 is 1.23 bits per heavy atom. The minimum atomic E-state index is -0.413. The highest BCUT2D eigenvalue weighted by molar-refractivity contribution is 5.87. The number of phenols is 2. The van der Waals surface area contributed by atoms with Crippen molar-refractivity contribution in [2.75, 3.05) is 0 Å². The molecule has 3 rings (SSSR count). The van der Waals surface area contributed by atoms with E-state index in [1.165, 1.54) is 0 Å². The second kappa shape index (κ2) is 11.8. The molecule has 40 heavy (non-hydrogen) atoms. The van der Waals surface area contributed by atoms with Crippen LogP contribution in [0.15, 0.2) is 34.3 Å². The number of phenolic OH excluding ortho intramolecular Hbond substituents is 2. The molecule has 1 fully saturated rings. The van der Waals surface area contributed by atoms with Gasteiger partial charge in [-0.1, -0.05) is 87.3 Å². The van der Waals surface area contributed by atoms with Crippen molar-refractivity contribution in [2.45, 2.75) is 123 Å². The molecule has 2 aromatic rings. The van der Waals surface area contributed by atoms with Crippen LogP contribution in [-0.2, 0) is 27.5 Å². The summed E-state index contributed by atoms with van der Waals surface area (Å²) in [5, 5.41) is 22.3. The first kappa shape index (κ1) is 31.4. The highest BCUT2D eigenvalue weighted by Gasteiger charge is 2.27. The van der Waals surface area contributed by atoms with Crippen LogP contribution >= 0.6 is 0 Å². The summed E-state index contributed by atoms with van der Waals surface area (Å²) in [4.78, 5) is 21.5. The van der Waals surface area contributed by atoms with E-state index in [0.29, 0.717) is 5.56 Å². The van der Waals surface area contributed by atoms with E-state index in [2.05, 4.69) is 47.6 Å². The molecular formula is C34H49N3O3. The fourth-order valence-electron chi connectivity index (χ4n) is 5.24. The molecule has 218 valence electrons. The van der Waals surface area contributed by atoms with Gasteiger partial charge in [0.05, 0.1) is 18.5 Å². The molecule has 1 amide bonds. The van der Waals surface area contributed by atoms with Gasteiger partial charge >= 0.3 is 0 Å². The number of primary amides is 1. The summed E-state index contributed by atoms with van der Waals surface area (Å²) >= 11 is 0.